The molecule has 3 aromatic rings. The number of halogens is 2. The summed E-state index contributed by atoms with van der Waals surface area (Å²) in [5, 5.41) is 14.5. The van der Waals surface area contributed by atoms with Crippen LogP contribution in [0.2, 0.25) is 10.0 Å². The summed E-state index contributed by atoms with van der Waals surface area (Å²) in [5.74, 6) is 0.644. The molecule has 8 nitrogen and oxygen atoms in total. The quantitative estimate of drug-likeness (QED) is 0.201. The molecule has 1 amide bonds. The molecule has 1 atom stereocenters. The van der Waals surface area contributed by atoms with Gasteiger partial charge in [0.25, 0.3) is 0 Å². The van der Waals surface area contributed by atoms with Crippen molar-refractivity contribution < 1.29 is 24.0 Å². The Balaban J connectivity index is 1.24. The van der Waals surface area contributed by atoms with Crippen molar-refractivity contribution in [2.24, 2.45) is 11.7 Å². The van der Waals surface area contributed by atoms with Crippen LogP contribution in [0.25, 0.3) is 11.3 Å². The van der Waals surface area contributed by atoms with E-state index >= 15 is 0 Å². The fraction of sp³-hybridized carbons (Fsp3) is 0.323. The number of benzene rings is 2. The molecule has 1 spiro atoms. The second-order valence-electron chi connectivity index (χ2n) is 11.0. The number of fused-ring (bicyclic) bond motifs is 2. The van der Waals surface area contributed by atoms with Crippen LogP contribution in [-0.2, 0) is 21.6 Å². The van der Waals surface area contributed by atoms with Crippen LogP contribution in [0.3, 0.4) is 0 Å². The molecule has 0 bridgehead atoms. The van der Waals surface area contributed by atoms with Crippen LogP contribution in [0.1, 0.15) is 55.4 Å². The average Bonchev–Trinajstić information content (AvgIpc) is 3.88. The minimum atomic E-state index is -1.10. The SMILES string of the molecule is CC(/C=C\C(=C/N)C(=O)O)CN1C(=O)C2(CC2)c2cc(OCc3c(-c4c(Cl)cccc4Cl)noc3C3CC3)ccc21. The molecular weight excluding hydrogens is 565 g/mol. The summed E-state index contributed by atoms with van der Waals surface area (Å²) in [6.45, 7) is 2.58. The molecule has 3 aliphatic rings. The van der Waals surface area contributed by atoms with Crippen molar-refractivity contribution in [3.8, 4) is 17.0 Å². The standard InChI is InChI=1S/C31H29Cl2N3O5/c1-17(5-6-19(14-34)29(37)38)15-36-25-10-9-20(13-22(25)31(11-12-31)30(36)39)40-16-21-27(35-41-28(21)18-7-8-18)26-23(32)3-2-4-24(26)33/h2-6,9-10,13-14,17-18H,7-8,11-12,15-16,34H2,1H3,(H,37,38)/b6-5-,19-14+. The van der Waals surface area contributed by atoms with Crippen LogP contribution in [-0.4, -0.2) is 28.7 Å². The predicted molar refractivity (Wildman–Crippen MR) is 156 cm³/mol. The maximum absolute atomic E-state index is 13.5. The van der Waals surface area contributed by atoms with Crippen LogP contribution < -0.4 is 15.4 Å². The second kappa shape index (κ2) is 10.6. The summed E-state index contributed by atoms with van der Waals surface area (Å²) in [5.41, 5.74) is 8.75. The van der Waals surface area contributed by atoms with E-state index in [1.165, 1.54) is 6.08 Å². The van der Waals surface area contributed by atoms with Crippen molar-refractivity contribution in [1.82, 2.24) is 5.16 Å². The lowest BCUT2D eigenvalue weighted by Crippen LogP contribution is -2.35. The first-order valence-electron chi connectivity index (χ1n) is 13.6. The number of aromatic nitrogens is 1. The molecule has 0 radical (unpaired) electrons. The molecular formula is C31H29Cl2N3O5. The van der Waals surface area contributed by atoms with Gasteiger partial charge in [-0.1, -0.05) is 47.4 Å². The van der Waals surface area contributed by atoms with Gasteiger partial charge in [-0.2, -0.15) is 0 Å². The van der Waals surface area contributed by atoms with Gasteiger partial charge in [0.1, 0.15) is 23.8 Å². The smallest absolute Gasteiger partial charge is 0.337 e. The fourth-order valence-electron chi connectivity index (χ4n) is 5.51. The lowest BCUT2D eigenvalue weighted by atomic mass is 9.98. The highest BCUT2D eigenvalue weighted by Gasteiger charge is 2.59. The Morgan fingerprint density at radius 3 is 2.63 bits per heavy atom. The third kappa shape index (κ3) is 5.00. The molecule has 212 valence electrons. The number of carboxylic acid groups (broad SMARTS) is 1. The molecule has 0 saturated heterocycles. The molecule has 1 aromatic heterocycles. The van der Waals surface area contributed by atoms with Gasteiger partial charge in [0.05, 0.1) is 26.6 Å². The first-order valence-corrected chi connectivity index (χ1v) is 14.3. The van der Waals surface area contributed by atoms with Gasteiger partial charge in [-0.25, -0.2) is 4.79 Å². The van der Waals surface area contributed by atoms with Gasteiger partial charge in [0.2, 0.25) is 5.91 Å². The zero-order valence-corrected chi connectivity index (χ0v) is 23.9. The van der Waals surface area contributed by atoms with Crippen LogP contribution >= 0.6 is 23.2 Å². The molecule has 10 heteroatoms. The molecule has 6 rings (SSSR count). The number of aliphatic carboxylic acids is 1. The van der Waals surface area contributed by atoms with E-state index < -0.39 is 11.4 Å². The highest BCUT2D eigenvalue weighted by Crippen LogP contribution is 2.58. The van der Waals surface area contributed by atoms with Crippen molar-refractivity contribution in [2.45, 2.75) is 50.5 Å². The van der Waals surface area contributed by atoms with E-state index in [4.69, 9.17) is 38.2 Å². The van der Waals surface area contributed by atoms with Crippen molar-refractivity contribution >= 4 is 40.8 Å². The molecule has 1 aliphatic heterocycles. The number of hydrogen-bond acceptors (Lipinski definition) is 6. The molecule has 2 heterocycles. The predicted octanol–water partition coefficient (Wildman–Crippen LogP) is 6.60. The average molecular weight is 594 g/mol. The minimum Gasteiger partial charge on any atom is -0.489 e. The number of carboxylic acids is 1. The van der Waals surface area contributed by atoms with E-state index in [-0.39, 0.29) is 24.0 Å². The van der Waals surface area contributed by atoms with Gasteiger partial charge in [-0.15, -0.1) is 0 Å². The van der Waals surface area contributed by atoms with Crippen LogP contribution in [0, 0.1) is 5.92 Å². The molecule has 2 fully saturated rings. The zero-order chi connectivity index (χ0) is 28.9. The van der Waals surface area contributed by atoms with Crippen LogP contribution in [0.5, 0.6) is 5.75 Å². The molecule has 2 aromatic carbocycles. The number of nitrogens with two attached hydrogens (primary N) is 1. The van der Waals surface area contributed by atoms with E-state index in [0.29, 0.717) is 39.5 Å². The Labute approximate surface area is 247 Å². The van der Waals surface area contributed by atoms with Gasteiger partial charge in [0, 0.05) is 29.9 Å². The van der Waals surface area contributed by atoms with Gasteiger partial charge < -0.3 is 25.0 Å². The van der Waals surface area contributed by atoms with Gasteiger partial charge in [-0.05, 0) is 73.6 Å². The van der Waals surface area contributed by atoms with Gasteiger partial charge in [0.15, 0.2) is 0 Å². The Morgan fingerprint density at radius 2 is 2.00 bits per heavy atom. The zero-order valence-electron chi connectivity index (χ0n) is 22.4. The Kier molecular flexibility index (Phi) is 7.08. The molecule has 41 heavy (non-hydrogen) atoms. The summed E-state index contributed by atoms with van der Waals surface area (Å²) in [6, 6.07) is 11.1. The lowest BCUT2D eigenvalue weighted by molar-refractivity contribution is -0.132. The summed E-state index contributed by atoms with van der Waals surface area (Å²) < 4.78 is 12.1. The maximum Gasteiger partial charge on any atom is 0.337 e. The number of anilines is 1. The first kappa shape index (κ1) is 27.4. The number of ether oxygens (including phenoxy) is 1. The summed E-state index contributed by atoms with van der Waals surface area (Å²) in [7, 11) is 0. The normalized spacial score (nSPS) is 18.3. The van der Waals surface area contributed by atoms with E-state index in [0.717, 1.165) is 54.5 Å². The Hall–Kier alpha value is -3.75. The fourth-order valence-corrected chi connectivity index (χ4v) is 6.09. The number of nitrogens with zero attached hydrogens (tertiary/aromatic N) is 2. The Morgan fingerprint density at radius 1 is 1.27 bits per heavy atom. The molecule has 1 unspecified atom stereocenters. The maximum atomic E-state index is 13.5. The Bertz CT molecular complexity index is 1580. The monoisotopic (exact) mass is 593 g/mol. The summed E-state index contributed by atoms with van der Waals surface area (Å²) in [6.07, 6.45) is 7.93. The number of amides is 1. The highest BCUT2D eigenvalue weighted by atomic mass is 35.5. The van der Waals surface area contributed by atoms with Gasteiger partial charge in [-0.3, -0.25) is 4.79 Å². The largest absolute Gasteiger partial charge is 0.489 e. The van der Waals surface area contributed by atoms with E-state index in [2.05, 4.69) is 5.16 Å². The highest BCUT2D eigenvalue weighted by molar-refractivity contribution is 6.39. The lowest BCUT2D eigenvalue weighted by Gasteiger charge is -2.21. The first-order chi connectivity index (χ1) is 19.7. The van der Waals surface area contributed by atoms with Crippen molar-refractivity contribution in [2.75, 3.05) is 11.4 Å². The molecule has 2 aliphatic carbocycles. The number of hydrogen-bond donors (Lipinski definition) is 2. The van der Waals surface area contributed by atoms with Crippen molar-refractivity contribution in [3.63, 3.8) is 0 Å². The molecule has 2 saturated carbocycles. The second-order valence-corrected chi connectivity index (χ2v) is 11.8. The van der Waals surface area contributed by atoms with Crippen molar-refractivity contribution in [3.05, 3.63) is 87.3 Å². The number of carbonyl (C=O) groups excluding carboxylic acids is 1. The van der Waals surface area contributed by atoms with Gasteiger partial charge >= 0.3 is 5.97 Å². The third-order valence-corrected chi connectivity index (χ3v) is 8.66. The van der Waals surface area contributed by atoms with Crippen LogP contribution in [0.4, 0.5) is 5.69 Å². The minimum absolute atomic E-state index is 0.00285. The van der Waals surface area contributed by atoms with Crippen molar-refractivity contribution in [1.29, 1.82) is 0 Å². The molecule has 3 N–H and O–H groups in total. The van der Waals surface area contributed by atoms with E-state index in [9.17, 15) is 14.7 Å². The number of rotatable bonds is 10. The third-order valence-electron chi connectivity index (χ3n) is 8.03. The summed E-state index contributed by atoms with van der Waals surface area (Å²) >= 11 is 13.0. The van der Waals surface area contributed by atoms with E-state index in [1.807, 2.05) is 25.1 Å². The number of carbonyl (C=O) groups is 2. The summed E-state index contributed by atoms with van der Waals surface area (Å²) in [4.78, 5) is 26.6. The van der Waals surface area contributed by atoms with E-state index in [1.54, 1.807) is 29.2 Å². The van der Waals surface area contributed by atoms with Crippen LogP contribution in [0.15, 0.2) is 64.8 Å². The topological polar surface area (TPSA) is 119 Å².